The number of rotatable bonds is 37. The standard InChI is InChI=1S/C46H78O6/c1-4-7-10-13-16-18-20-22-23-25-26-28-30-33-36-39-45(48)51-42-43(41-50-44(47)38-35-32-15-12-9-6-3)52-46(49)40-37-34-31-29-27-24-21-19-17-14-11-8-5-2/h8,11,16-19,22-24,27,43H,4-7,9-10,12-15,20-21,25-26,28-42H2,1-3H3/b11-8-,18-16-,19-17-,23-22-,27-24-. The van der Waals surface area contributed by atoms with Gasteiger partial charge in [0.2, 0.25) is 0 Å². The second-order valence-electron chi connectivity index (χ2n) is 13.9. The van der Waals surface area contributed by atoms with Gasteiger partial charge < -0.3 is 14.2 Å². The Balaban J connectivity index is 4.37. The van der Waals surface area contributed by atoms with Gasteiger partial charge in [-0.1, -0.05) is 152 Å². The average molecular weight is 727 g/mol. The van der Waals surface area contributed by atoms with E-state index in [0.29, 0.717) is 19.3 Å². The van der Waals surface area contributed by atoms with Gasteiger partial charge in [-0.15, -0.1) is 0 Å². The summed E-state index contributed by atoms with van der Waals surface area (Å²) in [4.78, 5) is 37.4. The topological polar surface area (TPSA) is 78.9 Å². The lowest BCUT2D eigenvalue weighted by Gasteiger charge is -2.18. The molecule has 0 aliphatic rings. The van der Waals surface area contributed by atoms with E-state index in [9.17, 15) is 14.4 Å². The normalized spacial score (nSPS) is 12.6. The van der Waals surface area contributed by atoms with Crippen molar-refractivity contribution in [2.75, 3.05) is 13.2 Å². The van der Waals surface area contributed by atoms with E-state index in [1.807, 2.05) is 0 Å². The van der Waals surface area contributed by atoms with Crippen LogP contribution in [0.25, 0.3) is 0 Å². The Hall–Kier alpha value is -2.89. The van der Waals surface area contributed by atoms with Crippen molar-refractivity contribution >= 4 is 17.9 Å². The largest absolute Gasteiger partial charge is 0.462 e. The lowest BCUT2D eigenvalue weighted by Crippen LogP contribution is -2.30. The molecule has 6 heteroatoms. The Labute approximate surface area is 320 Å². The van der Waals surface area contributed by atoms with Gasteiger partial charge in [-0.2, -0.15) is 0 Å². The van der Waals surface area contributed by atoms with Gasteiger partial charge in [0.05, 0.1) is 0 Å². The van der Waals surface area contributed by atoms with E-state index in [4.69, 9.17) is 14.2 Å². The van der Waals surface area contributed by atoms with E-state index < -0.39 is 6.10 Å². The third-order valence-electron chi connectivity index (χ3n) is 8.76. The van der Waals surface area contributed by atoms with Crippen LogP contribution in [-0.2, 0) is 28.6 Å². The van der Waals surface area contributed by atoms with Gasteiger partial charge >= 0.3 is 17.9 Å². The summed E-state index contributed by atoms with van der Waals surface area (Å²) in [7, 11) is 0. The number of hydrogen-bond donors (Lipinski definition) is 0. The Morgan fingerprint density at radius 1 is 0.404 bits per heavy atom. The predicted molar refractivity (Wildman–Crippen MR) is 219 cm³/mol. The van der Waals surface area contributed by atoms with Crippen molar-refractivity contribution in [3.8, 4) is 0 Å². The summed E-state index contributed by atoms with van der Waals surface area (Å²) in [6, 6.07) is 0. The van der Waals surface area contributed by atoms with Crippen LogP contribution < -0.4 is 0 Å². The number of esters is 3. The maximum atomic E-state index is 12.6. The van der Waals surface area contributed by atoms with Gasteiger partial charge in [-0.05, 0) is 83.5 Å². The third-order valence-corrected chi connectivity index (χ3v) is 8.76. The van der Waals surface area contributed by atoms with Crippen LogP contribution in [0.4, 0.5) is 0 Å². The quantitative estimate of drug-likeness (QED) is 0.0274. The van der Waals surface area contributed by atoms with Crippen molar-refractivity contribution in [1.29, 1.82) is 0 Å². The minimum absolute atomic E-state index is 0.0918. The number of unbranched alkanes of at least 4 members (excludes halogenated alkanes) is 16. The molecule has 0 spiro atoms. The van der Waals surface area contributed by atoms with Gasteiger partial charge in [0.25, 0.3) is 0 Å². The third kappa shape index (κ3) is 38.3. The molecular formula is C46H78O6. The summed E-state index contributed by atoms with van der Waals surface area (Å²) in [6.07, 6.45) is 47.9. The molecule has 0 heterocycles. The highest BCUT2D eigenvalue weighted by molar-refractivity contribution is 5.71. The smallest absolute Gasteiger partial charge is 0.306 e. The van der Waals surface area contributed by atoms with Crippen molar-refractivity contribution < 1.29 is 28.6 Å². The lowest BCUT2D eigenvalue weighted by molar-refractivity contribution is -0.167. The summed E-state index contributed by atoms with van der Waals surface area (Å²) in [5, 5.41) is 0. The summed E-state index contributed by atoms with van der Waals surface area (Å²) >= 11 is 0. The van der Waals surface area contributed by atoms with E-state index in [1.54, 1.807) is 0 Å². The van der Waals surface area contributed by atoms with Gasteiger partial charge in [0, 0.05) is 19.3 Å². The fourth-order valence-corrected chi connectivity index (χ4v) is 5.54. The number of hydrogen-bond acceptors (Lipinski definition) is 6. The van der Waals surface area contributed by atoms with Gasteiger partial charge in [0.1, 0.15) is 13.2 Å². The first-order valence-corrected chi connectivity index (χ1v) is 21.3. The molecule has 0 radical (unpaired) electrons. The number of carbonyl (C=O) groups excluding carboxylic acids is 3. The van der Waals surface area contributed by atoms with Crippen LogP contribution in [0.3, 0.4) is 0 Å². The van der Waals surface area contributed by atoms with E-state index in [2.05, 4.69) is 81.5 Å². The average Bonchev–Trinajstić information content (AvgIpc) is 3.14. The molecule has 0 amide bonds. The van der Waals surface area contributed by atoms with Gasteiger partial charge in [0.15, 0.2) is 6.10 Å². The van der Waals surface area contributed by atoms with Gasteiger partial charge in [-0.25, -0.2) is 0 Å². The number of carbonyl (C=O) groups is 3. The first-order valence-electron chi connectivity index (χ1n) is 21.3. The second kappa shape index (κ2) is 40.9. The molecule has 0 bridgehead atoms. The van der Waals surface area contributed by atoms with E-state index >= 15 is 0 Å². The molecule has 0 aliphatic carbocycles. The molecule has 0 saturated carbocycles. The first-order chi connectivity index (χ1) is 25.5. The monoisotopic (exact) mass is 727 g/mol. The summed E-state index contributed by atoms with van der Waals surface area (Å²) in [6.45, 7) is 6.37. The molecule has 0 fully saturated rings. The Bertz CT molecular complexity index is 975. The Kier molecular flexibility index (Phi) is 38.6. The minimum atomic E-state index is -0.789. The summed E-state index contributed by atoms with van der Waals surface area (Å²) in [5.41, 5.74) is 0. The van der Waals surface area contributed by atoms with Crippen molar-refractivity contribution in [1.82, 2.24) is 0 Å². The Morgan fingerprint density at radius 3 is 1.23 bits per heavy atom. The number of ether oxygens (including phenoxy) is 3. The van der Waals surface area contributed by atoms with E-state index in [-0.39, 0.29) is 31.1 Å². The summed E-state index contributed by atoms with van der Waals surface area (Å²) < 4.78 is 16.6. The highest BCUT2D eigenvalue weighted by Crippen LogP contribution is 2.12. The van der Waals surface area contributed by atoms with Crippen molar-refractivity contribution in [3.05, 3.63) is 60.8 Å². The zero-order chi connectivity index (χ0) is 38.0. The molecule has 298 valence electrons. The molecule has 0 N–H and O–H groups in total. The van der Waals surface area contributed by atoms with Gasteiger partial charge in [-0.3, -0.25) is 14.4 Å². The second-order valence-corrected chi connectivity index (χ2v) is 13.9. The number of allylic oxidation sites excluding steroid dienone is 10. The highest BCUT2D eigenvalue weighted by Gasteiger charge is 2.19. The van der Waals surface area contributed by atoms with Crippen molar-refractivity contribution in [2.24, 2.45) is 0 Å². The maximum Gasteiger partial charge on any atom is 0.306 e. The highest BCUT2D eigenvalue weighted by atomic mass is 16.6. The maximum absolute atomic E-state index is 12.6. The van der Waals surface area contributed by atoms with Crippen LogP contribution >= 0.6 is 0 Å². The first kappa shape index (κ1) is 49.1. The zero-order valence-corrected chi connectivity index (χ0v) is 33.8. The van der Waals surface area contributed by atoms with Crippen LogP contribution in [-0.4, -0.2) is 37.2 Å². The molecule has 0 saturated heterocycles. The molecular weight excluding hydrogens is 648 g/mol. The zero-order valence-electron chi connectivity index (χ0n) is 33.8. The molecule has 0 aliphatic heterocycles. The summed E-state index contributed by atoms with van der Waals surface area (Å²) in [5.74, 6) is -0.952. The molecule has 0 aromatic rings. The SMILES string of the molecule is CC/C=C\C/C=C\C/C=C\CCCCCC(=O)OC(COC(=O)CCCCCCCC)COC(=O)CCCCCCC/C=C\C/C=C\CCCCC. The molecule has 1 unspecified atom stereocenters. The predicted octanol–water partition coefficient (Wildman–Crippen LogP) is 13.4. The van der Waals surface area contributed by atoms with E-state index in [0.717, 1.165) is 109 Å². The molecule has 52 heavy (non-hydrogen) atoms. The van der Waals surface area contributed by atoms with Crippen LogP contribution in [0, 0.1) is 0 Å². The minimum Gasteiger partial charge on any atom is -0.462 e. The van der Waals surface area contributed by atoms with Crippen LogP contribution in [0.5, 0.6) is 0 Å². The van der Waals surface area contributed by atoms with E-state index in [1.165, 1.54) is 44.9 Å². The Morgan fingerprint density at radius 2 is 0.750 bits per heavy atom. The molecule has 1 atom stereocenters. The fraction of sp³-hybridized carbons (Fsp3) is 0.717. The molecule has 0 aromatic carbocycles. The fourth-order valence-electron chi connectivity index (χ4n) is 5.54. The van der Waals surface area contributed by atoms with Crippen LogP contribution in [0.1, 0.15) is 194 Å². The van der Waals surface area contributed by atoms with Crippen molar-refractivity contribution in [3.63, 3.8) is 0 Å². The van der Waals surface area contributed by atoms with Crippen molar-refractivity contribution in [2.45, 2.75) is 200 Å². The molecule has 0 rings (SSSR count). The lowest BCUT2D eigenvalue weighted by atomic mass is 10.1. The molecule has 6 nitrogen and oxygen atoms in total. The molecule has 0 aromatic heterocycles. The van der Waals surface area contributed by atoms with Crippen LogP contribution in [0.2, 0.25) is 0 Å². The van der Waals surface area contributed by atoms with Crippen LogP contribution in [0.15, 0.2) is 60.8 Å².